The van der Waals surface area contributed by atoms with E-state index in [1.807, 2.05) is 4.98 Å². The second kappa shape index (κ2) is 17.3. The van der Waals surface area contributed by atoms with Crippen LogP contribution in [0.5, 0.6) is 23.0 Å². The molecule has 0 fully saturated rings. The lowest BCUT2D eigenvalue weighted by atomic mass is 10.1. The first kappa shape index (κ1) is 38.4. The average molecular weight is 695 g/mol. The largest absolute Gasteiger partial charge is 0.505 e. The molecule has 1 aliphatic rings. The molecule has 0 aliphatic carbocycles. The van der Waals surface area contributed by atoms with E-state index in [1.54, 1.807) is 6.07 Å². The lowest BCUT2D eigenvalue weighted by molar-refractivity contribution is -0.147. The molecule has 21 heteroatoms. The number of carbonyl (C=O) groups excluding carboxylic acids is 1. The number of aliphatic hydroxyl groups excluding tert-OH is 4. The Bertz CT molecular complexity index is 2010. The number of carboxylic acid groups (broad SMARTS) is 2. The molecular formula is C28H30N4O17. The number of aliphatic hydroxyl groups is 4. The van der Waals surface area contributed by atoms with E-state index in [0.717, 1.165) is 0 Å². The monoisotopic (exact) mass is 694 g/mol. The Morgan fingerprint density at radius 1 is 0.796 bits per heavy atom. The maximum atomic E-state index is 10.9. The van der Waals surface area contributed by atoms with Crippen molar-refractivity contribution in [2.24, 2.45) is 0 Å². The summed E-state index contributed by atoms with van der Waals surface area (Å²) in [5.74, 6) is -4.90. The van der Waals surface area contributed by atoms with Gasteiger partial charge in [-0.3, -0.25) is 34.3 Å². The van der Waals surface area contributed by atoms with Gasteiger partial charge in [0.25, 0.3) is 5.56 Å². The number of hydrogen-bond donors (Lipinski definition) is 13. The zero-order chi connectivity index (χ0) is 37.0. The van der Waals surface area contributed by atoms with Crippen molar-refractivity contribution >= 4 is 29.1 Å². The van der Waals surface area contributed by atoms with Crippen LogP contribution >= 0.6 is 0 Å². The first-order chi connectivity index (χ1) is 23.0. The average Bonchev–Trinajstić information content (AvgIpc) is 3.53. The van der Waals surface area contributed by atoms with Crippen LogP contribution in [0.4, 0.5) is 0 Å². The van der Waals surface area contributed by atoms with Crippen LogP contribution < -0.4 is 21.7 Å². The Morgan fingerprint density at radius 2 is 1.33 bits per heavy atom. The van der Waals surface area contributed by atoms with Gasteiger partial charge in [-0.25, -0.2) is 14.4 Å². The molecular weight excluding hydrogens is 664 g/mol. The molecule has 4 aromatic rings. The van der Waals surface area contributed by atoms with E-state index in [-0.39, 0.29) is 41.3 Å². The number of nitrogens with one attached hydrogen (secondary N) is 4. The molecule has 0 saturated carbocycles. The number of fused-ring (bicyclic) bond motifs is 1. The van der Waals surface area contributed by atoms with Crippen molar-refractivity contribution in [2.75, 3.05) is 13.7 Å². The fourth-order valence-corrected chi connectivity index (χ4v) is 3.64. The Morgan fingerprint density at radius 3 is 1.80 bits per heavy atom. The lowest BCUT2D eigenvalue weighted by Gasteiger charge is -2.13. The number of carboxylic acids is 2. The Hall–Kier alpha value is -6.74. The zero-order valence-corrected chi connectivity index (χ0v) is 25.0. The number of hydrogen-bond acceptors (Lipinski definition) is 15. The van der Waals surface area contributed by atoms with Gasteiger partial charge in [-0.2, -0.15) is 0 Å². The Labute approximate surface area is 271 Å². The predicted molar refractivity (Wildman–Crippen MR) is 163 cm³/mol. The molecule has 5 rings (SSSR count). The highest BCUT2D eigenvalue weighted by molar-refractivity contribution is 5.89. The maximum Gasteiger partial charge on any atom is 0.377 e. The molecule has 21 nitrogen and oxygen atoms in total. The fourth-order valence-electron chi connectivity index (χ4n) is 3.64. The Kier molecular flexibility index (Phi) is 13.5. The number of imidazole rings is 1. The van der Waals surface area contributed by atoms with E-state index in [4.69, 9.17) is 45.6 Å². The summed E-state index contributed by atoms with van der Waals surface area (Å²) in [7, 11) is 1.42. The first-order valence-corrected chi connectivity index (χ1v) is 13.3. The van der Waals surface area contributed by atoms with Crippen LogP contribution in [0.15, 0.2) is 62.3 Å². The number of rotatable bonds is 7. The number of phenolic OH excluding ortho intramolecular Hbond substituents is 3. The van der Waals surface area contributed by atoms with Crippen LogP contribution in [-0.4, -0.2) is 110 Å². The number of benzene rings is 2. The number of carbonyl (C=O) groups is 3. The number of H-pyrrole nitrogens is 4. The molecule has 3 heterocycles. The van der Waals surface area contributed by atoms with Crippen LogP contribution in [0.25, 0.3) is 11.2 Å². The van der Waals surface area contributed by atoms with Crippen molar-refractivity contribution < 1.29 is 69.8 Å². The topological polar surface area (TPSA) is 366 Å². The highest BCUT2D eigenvalue weighted by Crippen LogP contribution is 2.26. The minimum absolute atomic E-state index is 0.0108. The van der Waals surface area contributed by atoms with Crippen molar-refractivity contribution in [3.05, 3.63) is 90.4 Å². The molecule has 2 atom stereocenters. The third-order valence-electron chi connectivity index (χ3n) is 5.89. The van der Waals surface area contributed by atoms with Gasteiger partial charge < -0.3 is 55.4 Å². The van der Waals surface area contributed by atoms with E-state index in [0.29, 0.717) is 16.9 Å². The van der Waals surface area contributed by atoms with Gasteiger partial charge in [0.1, 0.15) is 17.3 Å². The SMILES string of the molecule is COc1cc(CC(=O)O)ccc1O.O=C(O)Cc1ccc(O)c(O)c1.O=C1O[C@H]([C@@H](O)CO)C(O)=C1O.O=c1[nH]c(=O)c2[nH]c(=O)[nH]c2[nH]1. The number of phenols is 3. The number of aromatic amines is 4. The predicted octanol–water partition coefficient (Wildman–Crippen LogP) is -1.42. The molecule has 13 N–H and O–H groups in total. The molecule has 0 amide bonds. The van der Waals surface area contributed by atoms with Crippen molar-refractivity contribution in [3.8, 4) is 23.0 Å². The van der Waals surface area contributed by atoms with Crippen LogP contribution in [0.2, 0.25) is 0 Å². The van der Waals surface area contributed by atoms with E-state index < -0.39 is 65.2 Å². The van der Waals surface area contributed by atoms with E-state index in [9.17, 15) is 33.9 Å². The first-order valence-electron chi connectivity index (χ1n) is 13.3. The summed E-state index contributed by atoms with van der Waals surface area (Å²) in [6.45, 7) is -0.671. The summed E-state index contributed by atoms with van der Waals surface area (Å²) < 4.78 is 9.14. The molecule has 1 aliphatic heterocycles. The quantitative estimate of drug-likeness (QED) is 0.0779. The molecule has 0 saturated heterocycles. The van der Waals surface area contributed by atoms with Gasteiger partial charge in [-0.05, 0) is 35.4 Å². The molecule has 2 aromatic carbocycles. The molecule has 0 radical (unpaired) electrons. The van der Waals surface area contributed by atoms with E-state index in [1.165, 1.54) is 37.4 Å². The van der Waals surface area contributed by atoms with Gasteiger partial charge in [0, 0.05) is 0 Å². The number of ether oxygens (including phenoxy) is 2. The van der Waals surface area contributed by atoms with Gasteiger partial charge in [-0.1, -0.05) is 12.1 Å². The third kappa shape index (κ3) is 11.2. The minimum atomic E-state index is -1.42. The number of aliphatic carboxylic acids is 2. The number of esters is 1. The maximum absolute atomic E-state index is 10.9. The van der Waals surface area contributed by atoms with Gasteiger partial charge in [-0.15, -0.1) is 0 Å². The Balaban J connectivity index is 0.000000227. The molecule has 264 valence electrons. The fraction of sp³-hybridized carbons (Fsp3) is 0.214. The number of methoxy groups -OCH3 is 1. The second-order valence-corrected chi connectivity index (χ2v) is 9.52. The van der Waals surface area contributed by atoms with Gasteiger partial charge >= 0.3 is 29.3 Å². The molecule has 49 heavy (non-hydrogen) atoms. The summed E-state index contributed by atoms with van der Waals surface area (Å²) in [6.07, 6.45) is -3.01. The summed E-state index contributed by atoms with van der Waals surface area (Å²) in [5, 5.41) is 79.0. The van der Waals surface area contributed by atoms with Crippen LogP contribution in [0.3, 0.4) is 0 Å². The molecule has 0 spiro atoms. The number of cyclic esters (lactones) is 1. The zero-order valence-electron chi connectivity index (χ0n) is 25.0. The van der Waals surface area contributed by atoms with Crippen molar-refractivity contribution in [3.63, 3.8) is 0 Å². The van der Waals surface area contributed by atoms with Crippen LogP contribution in [0.1, 0.15) is 11.1 Å². The third-order valence-corrected chi connectivity index (χ3v) is 5.89. The normalized spacial score (nSPS) is 13.9. The van der Waals surface area contributed by atoms with Gasteiger partial charge in [0.2, 0.25) is 5.76 Å². The van der Waals surface area contributed by atoms with Gasteiger partial charge in [0.15, 0.2) is 34.9 Å². The van der Waals surface area contributed by atoms with Gasteiger partial charge in [0.05, 0.1) is 26.6 Å². The second-order valence-electron chi connectivity index (χ2n) is 9.52. The standard InChI is InChI=1S/C9H10O4.C8H8O4.C6H8O6.C5H4N4O3/c1-13-8-4-6(5-9(11)12)2-3-7(8)10;9-6-2-1-5(3-7(6)10)4-8(11)12;7-1-2(8)5-3(9)4(10)6(11)12-5;10-3-1-2(7-4(11)6-1)8-5(12)9-3/h2-4,10H,5H2,1H3,(H,11,12);1-3,9-10H,4H2,(H,11,12);2,5,7-10H,1H2;(H4,6,7,8,9,10,11,12)/t;;2-,5+;/m..0./s1. The number of aromatic hydroxyl groups is 3. The van der Waals surface area contributed by atoms with E-state index >= 15 is 0 Å². The lowest BCUT2D eigenvalue weighted by Crippen LogP contribution is -2.31. The van der Waals surface area contributed by atoms with Crippen molar-refractivity contribution in [2.45, 2.75) is 25.0 Å². The molecule has 0 bridgehead atoms. The summed E-state index contributed by atoms with van der Waals surface area (Å²) in [5.41, 5.74) is -0.597. The van der Waals surface area contributed by atoms with Crippen LogP contribution in [0, 0.1) is 0 Å². The highest BCUT2D eigenvalue weighted by atomic mass is 16.6. The smallest absolute Gasteiger partial charge is 0.377 e. The summed E-state index contributed by atoms with van der Waals surface area (Å²) in [6, 6.07) is 8.40. The van der Waals surface area contributed by atoms with Crippen LogP contribution in [-0.2, 0) is 32.0 Å². The highest BCUT2D eigenvalue weighted by Gasteiger charge is 2.38. The van der Waals surface area contributed by atoms with E-state index in [2.05, 4.69) is 19.7 Å². The minimum Gasteiger partial charge on any atom is -0.505 e. The summed E-state index contributed by atoms with van der Waals surface area (Å²) >= 11 is 0. The van der Waals surface area contributed by atoms with Crippen molar-refractivity contribution in [1.82, 2.24) is 19.9 Å². The molecule has 2 aromatic heterocycles. The number of aromatic nitrogens is 4. The summed E-state index contributed by atoms with van der Waals surface area (Å²) in [4.78, 5) is 72.1. The van der Waals surface area contributed by atoms with Crippen molar-refractivity contribution in [1.29, 1.82) is 0 Å². The molecule has 0 unspecified atom stereocenters.